The third kappa shape index (κ3) is 2.62. The highest BCUT2D eigenvalue weighted by atomic mass is 16.4. The van der Waals surface area contributed by atoms with Crippen LogP contribution in [0.25, 0.3) is 0 Å². The second kappa shape index (κ2) is 5.18. The Morgan fingerprint density at radius 1 is 1.58 bits per heavy atom. The van der Waals surface area contributed by atoms with Crippen molar-refractivity contribution in [1.82, 2.24) is 9.78 Å². The topological polar surface area (TPSA) is 108 Å². The number of rotatable bonds is 3. The van der Waals surface area contributed by atoms with Crippen molar-refractivity contribution in [2.75, 3.05) is 23.7 Å². The molecule has 0 spiro atoms. The zero-order valence-electron chi connectivity index (χ0n) is 10.8. The van der Waals surface area contributed by atoms with Crippen LogP contribution in [0, 0.1) is 17.2 Å². The number of hydrogen-bond acceptors (Lipinski definition) is 5. The van der Waals surface area contributed by atoms with Gasteiger partial charge in [0.1, 0.15) is 24.0 Å². The first-order chi connectivity index (χ1) is 9.02. The lowest BCUT2D eigenvalue weighted by Crippen LogP contribution is -2.33. The van der Waals surface area contributed by atoms with Gasteiger partial charge in [-0.3, -0.25) is 4.79 Å². The Balaban J connectivity index is 2.30. The van der Waals surface area contributed by atoms with E-state index in [1.165, 1.54) is 4.68 Å². The maximum absolute atomic E-state index is 10.7. The van der Waals surface area contributed by atoms with Crippen LogP contribution in [-0.2, 0) is 11.3 Å². The summed E-state index contributed by atoms with van der Waals surface area (Å²) in [5.74, 6) is 0.268. The number of aliphatic carboxylic acids is 1. The minimum absolute atomic E-state index is 0.124. The molecule has 1 aliphatic rings. The molecule has 1 aliphatic heterocycles. The molecule has 0 unspecified atom stereocenters. The highest BCUT2D eigenvalue weighted by Gasteiger charge is 2.24. The van der Waals surface area contributed by atoms with Crippen LogP contribution in [0.15, 0.2) is 0 Å². The van der Waals surface area contributed by atoms with Crippen LogP contribution >= 0.6 is 0 Å². The Hall–Kier alpha value is -2.23. The predicted molar refractivity (Wildman–Crippen MR) is 69.6 cm³/mol. The molecule has 1 saturated heterocycles. The highest BCUT2D eigenvalue weighted by Crippen LogP contribution is 2.28. The maximum atomic E-state index is 10.7. The maximum Gasteiger partial charge on any atom is 0.325 e. The number of anilines is 2. The van der Waals surface area contributed by atoms with Crippen LogP contribution in [0.3, 0.4) is 0 Å². The quantitative estimate of drug-likeness (QED) is 0.829. The van der Waals surface area contributed by atoms with Gasteiger partial charge in [0.2, 0.25) is 0 Å². The summed E-state index contributed by atoms with van der Waals surface area (Å²) < 4.78 is 1.17. The van der Waals surface area contributed by atoms with Crippen molar-refractivity contribution in [3.8, 4) is 6.07 Å². The van der Waals surface area contributed by atoms with Crippen molar-refractivity contribution in [3.05, 3.63) is 5.56 Å². The van der Waals surface area contributed by atoms with Gasteiger partial charge in [-0.15, -0.1) is 0 Å². The molecule has 0 bridgehead atoms. The Kier molecular flexibility index (Phi) is 3.60. The van der Waals surface area contributed by atoms with Crippen molar-refractivity contribution in [3.63, 3.8) is 0 Å². The average molecular weight is 263 g/mol. The van der Waals surface area contributed by atoms with Gasteiger partial charge in [0, 0.05) is 13.1 Å². The number of carboxylic acid groups (broad SMARTS) is 1. The molecule has 0 saturated carbocycles. The van der Waals surface area contributed by atoms with Crippen LogP contribution in [0.1, 0.15) is 25.3 Å². The molecular weight excluding hydrogens is 246 g/mol. The fraction of sp³-hybridized carbons (Fsp3) is 0.583. The molecule has 0 radical (unpaired) electrons. The summed E-state index contributed by atoms with van der Waals surface area (Å²) in [6.45, 7) is 3.50. The SMILES string of the molecule is CC1CCN(c2nn(CC(=O)O)c(N)c2C#N)CC1. The number of hydrogen-bond donors (Lipinski definition) is 2. The monoisotopic (exact) mass is 263 g/mol. The van der Waals surface area contributed by atoms with Gasteiger partial charge in [0.15, 0.2) is 5.82 Å². The Labute approximate surface area is 111 Å². The van der Waals surface area contributed by atoms with Crippen molar-refractivity contribution >= 4 is 17.6 Å². The fourth-order valence-corrected chi connectivity index (χ4v) is 2.26. The summed E-state index contributed by atoms with van der Waals surface area (Å²) in [6, 6.07) is 2.02. The van der Waals surface area contributed by atoms with Crippen molar-refractivity contribution in [2.24, 2.45) is 5.92 Å². The third-order valence-electron chi connectivity index (χ3n) is 3.45. The molecule has 7 nitrogen and oxygen atoms in total. The molecule has 1 fully saturated rings. The second-order valence-corrected chi connectivity index (χ2v) is 4.92. The largest absolute Gasteiger partial charge is 0.480 e. The van der Waals surface area contributed by atoms with E-state index in [0.717, 1.165) is 25.9 Å². The second-order valence-electron chi connectivity index (χ2n) is 4.92. The van der Waals surface area contributed by atoms with Crippen LogP contribution in [0.2, 0.25) is 0 Å². The minimum atomic E-state index is -1.03. The Morgan fingerprint density at radius 2 is 2.21 bits per heavy atom. The number of piperidine rings is 1. The van der Waals surface area contributed by atoms with Gasteiger partial charge in [0.25, 0.3) is 0 Å². The first-order valence-electron chi connectivity index (χ1n) is 6.26. The number of nitrogens with zero attached hydrogens (tertiary/aromatic N) is 4. The fourth-order valence-electron chi connectivity index (χ4n) is 2.26. The zero-order valence-corrected chi connectivity index (χ0v) is 10.8. The molecule has 3 N–H and O–H groups in total. The number of carboxylic acids is 1. The van der Waals surface area contributed by atoms with Crippen molar-refractivity contribution in [1.29, 1.82) is 5.26 Å². The number of nitrogens with two attached hydrogens (primary N) is 1. The van der Waals surface area contributed by atoms with Gasteiger partial charge >= 0.3 is 5.97 Å². The van der Waals surface area contributed by atoms with Gasteiger partial charge < -0.3 is 15.7 Å². The molecule has 7 heteroatoms. The van der Waals surface area contributed by atoms with E-state index in [1.807, 2.05) is 11.0 Å². The average Bonchev–Trinajstić information content (AvgIpc) is 2.66. The summed E-state index contributed by atoms with van der Waals surface area (Å²) in [4.78, 5) is 12.7. The lowest BCUT2D eigenvalue weighted by Gasteiger charge is -2.30. The van der Waals surface area contributed by atoms with E-state index in [2.05, 4.69) is 12.0 Å². The van der Waals surface area contributed by atoms with Gasteiger partial charge in [0.05, 0.1) is 0 Å². The molecule has 0 aliphatic carbocycles. The lowest BCUT2D eigenvalue weighted by molar-refractivity contribution is -0.137. The van der Waals surface area contributed by atoms with Crippen LogP contribution < -0.4 is 10.6 Å². The standard InChI is InChI=1S/C12H17N5O2/c1-8-2-4-16(5-3-8)12-9(6-13)11(14)17(15-12)7-10(18)19/h8H,2-5,7,14H2,1H3,(H,18,19). The number of nitrogen functional groups attached to an aromatic ring is 1. The summed E-state index contributed by atoms with van der Waals surface area (Å²) in [7, 11) is 0. The molecule has 102 valence electrons. The number of carbonyl (C=O) groups is 1. The van der Waals surface area contributed by atoms with Gasteiger partial charge in [-0.25, -0.2) is 4.68 Å². The molecule has 2 rings (SSSR count). The minimum Gasteiger partial charge on any atom is -0.480 e. The summed E-state index contributed by atoms with van der Waals surface area (Å²) >= 11 is 0. The first kappa shape index (κ1) is 13.2. The van der Waals surface area contributed by atoms with Crippen molar-refractivity contribution < 1.29 is 9.90 Å². The van der Waals surface area contributed by atoms with Crippen LogP contribution in [0.4, 0.5) is 11.6 Å². The smallest absolute Gasteiger partial charge is 0.325 e. The Morgan fingerprint density at radius 3 is 2.74 bits per heavy atom. The first-order valence-corrected chi connectivity index (χ1v) is 6.26. The molecule has 0 aromatic carbocycles. The van der Waals surface area contributed by atoms with Crippen LogP contribution in [-0.4, -0.2) is 33.9 Å². The molecule has 1 aromatic heterocycles. The normalized spacial score (nSPS) is 16.3. The van der Waals surface area contributed by atoms with Gasteiger partial charge in [-0.1, -0.05) is 6.92 Å². The van der Waals surface area contributed by atoms with Gasteiger partial charge in [-0.05, 0) is 18.8 Å². The summed E-state index contributed by atoms with van der Waals surface area (Å²) in [6.07, 6.45) is 2.08. The summed E-state index contributed by atoms with van der Waals surface area (Å²) in [5, 5.41) is 22.2. The molecule has 0 amide bonds. The number of aromatic nitrogens is 2. The van der Waals surface area contributed by atoms with Crippen LogP contribution in [0.5, 0.6) is 0 Å². The van der Waals surface area contributed by atoms with E-state index in [9.17, 15) is 10.1 Å². The molecule has 1 aromatic rings. The van der Waals surface area contributed by atoms with Crippen molar-refractivity contribution in [2.45, 2.75) is 26.3 Å². The third-order valence-corrected chi connectivity index (χ3v) is 3.45. The van der Waals surface area contributed by atoms with Gasteiger partial charge in [-0.2, -0.15) is 10.4 Å². The molecule has 19 heavy (non-hydrogen) atoms. The molecular formula is C12H17N5O2. The van der Waals surface area contributed by atoms with E-state index in [4.69, 9.17) is 10.8 Å². The predicted octanol–water partition coefficient (Wildman–Crippen LogP) is 0.658. The lowest BCUT2D eigenvalue weighted by atomic mass is 9.99. The highest BCUT2D eigenvalue weighted by molar-refractivity contribution is 5.70. The Bertz CT molecular complexity index is 523. The van der Waals surface area contributed by atoms with E-state index in [1.54, 1.807) is 0 Å². The van der Waals surface area contributed by atoms with E-state index < -0.39 is 5.97 Å². The van der Waals surface area contributed by atoms with E-state index >= 15 is 0 Å². The summed E-state index contributed by atoms with van der Waals surface area (Å²) in [5.41, 5.74) is 6.06. The van der Waals surface area contributed by atoms with E-state index in [0.29, 0.717) is 11.7 Å². The number of nitriles is 1. The zero-order chi connectivity index (χ0) is 14.0. The molecule has 0 atom stereocenters. The van der Waals surface area contributed by atoms with E-state index in [-0.39, 0.29) is 17.9 Å². The molecule has 2 heterocycles.